The topological polar surface area (TPSA) is 0 Å². The maximum absolute atomic E-state index is 6.13. The smallest absolute Gasteiger partial charge is 0.143 e. The van der Waals surface area contributed by atoms with Crippen molar-refractivity contribution >= 4 is 19.2 Å². The van der Waals surface area contributed by atoms with Crippen LogP contribution in [0.2, 0.25) is 11.6 Å². The van der Waals surface area contributed by atoms with Crippen molar-refractivity contribution in [2.75, 3.05) is 0 Å². The zero-order valence-electron chi connectivity index (χ0n) is 6.65. The van der Waals surface area contributed by atoms with E-state index in [1.54, 1.807) is 0 Å². The second-order valence-corrected chi connectivity index (χ2v) is 7.53. The second kappa shape index (κ2) is 5.30. The lowest BCUT2D eigenvalue weighted by Crippen LogP contribution is -2.07. The Balaban J connectivity index is 3.16. The Hall–Kier alpha value is 0.507. The van der Waals surface area contributed by atoms with Gasteiger partial charge in [-0.25, -0.2) is 0 Å². The van der Waals surface area contributed by atoms with Crippen LogP contribution in [0.15, 0.2) is 0 Å². The lowest BCUT2D eigenvalue weighted by molar-refractivity contribution is 0.865. The summed E-state index contributed by atoms with van der Waals surface area (Å²) in [5.74, 6) is 0. The molecular weight excluding hydrogens is 148 g/mol. The van der Waals surface area contributed by atoms with Gasteiger partial charge >= 0.3 is 0 Å². The van der Waals surface area contributed by atoms with E-state index >= 15 is 0 Å². The maximum atomic E-state index is 6.13. The first kappa shape index (κ1) is 9.51. The number of rotatable bonds is 4. The highest BCUT2D eigenvalue weighted by Crippen LogP contribution is 2.17. The summed E-state index contributed by atoms with van der Waals surface area (Å²) in [5, 5.41) is 0. The maximum Gasteiger partial charge on any atom is 0.143 e. The standard InChI is InChI=1S/C7H17ClSi/c1-4-5-6-9(8)7(2)3/h7,9H,4-6H2,1-3H3. The Morgan fingerprint density at radius 3 is 2.33 bits per heavy atom. The summed E-state index contributed by atoms with van der Waals surface area (Å²) in [6.07, 6.45) is 2.63. The number of hydrogen-bond acceptors (Lipinski definition) is 0. The van der Waals surface area contributed by atoms with E-state index in [4.69, 9.17) is 11.1 Å². The summed E-state index contributed by atoms with van der Waals surface area (Å²) in [7, 11) is -0.821. The van der Waals surface area contributed by atoms with Gasteiger partial charge in [0.2, 0.25) is 0 Å². The molecule has 0 aliphatic rings. The average molecular weight is 165 g/mol. The van der Waals surface area contributed by atoms with Crippen molar-refractivity contribution in [1.29, 1.82) is 0 Å². The van der Waals surface area contributed by atoms with Crippen molar-refractivity contribution in [2.45, 2.75) is 45.2 Å². The molecule has 0 nitrogen and oxygen atoms in total. The van der Waals surface area contributed by atoms with E-state index in [1.165, 1.54) is 18.9 Å². The largest absolute Gasteiger partial charge is 0.171 e. The molecule has 0 aromatic rings. The van der Waals surface area contributed by atoms with Crippen molar-refractivity contribution < 1.29 is 0 Å². The number of hydrogen-bond donors (Lipinski definition) is 0. The minimum atomic E-state index is -0.821. The van der Waals surface area contributed by atoms with Gasteiger partial charge < -0.3 is 0 Å². The van der Waals surface area contributed by atoms with E-state index in [0.717, 1.165) is 5.54 Å². The van der Waals surface area contributed by atoms with Gasteiger partial charge in [-0.2, -0.15) is 11.1 Å². The quantitative estimate of drug-likeness (QED) is 0.443. The van der Waals surface area contributed by atoms with E-state index in [-0.39, 0.29) is 0 Å². The molecule has 0 bridgehead atoms. The molecule has 2 heteroatoms. The van der Waals surface area contributed by atoms with Crippen LogP contribution >= 0.6 is 11.1 Å². The Bertz CT molecular complexity index is 63.9. The molecule has 0 rings (SSSR count). The van der Waals surface area contributed by atoms with Gasteiger partial charge in [0.15, 0.2) is 0 Å². The summed E-state index contributed by atoms with van der Waals surface area (Å²) in [6, 6.07) is 1.32. The summed E-state index contributed by atoms with van der Waals surface area (Å²) in [4.78, 5) is 0. The molecule has 0 aromatic carbocycles. The molecule has 0 aliphatic heterocycles. The molecule has 0 aromatic heterocycles. The molecule has 1 atom stereocenters. The monoisotopic (exact) mass is 164 g/mol. The molecule has 9 heavy (non-hydrogen) atoms. The molecule has 0 N–H and O–H groups in total. The minimum Gasteiger partial charge on any atom is -0.171 e. The van der Waals surface area contributed by atoms with Gasteiger partial charge in [0.05, 0.1) is 0 Å². The molecule has 0 amide bonds. The van der Waals surface area contributed by atoms with Gasteiger partial charge in [-0.3, -0.25) is 0 Å². The molecule has 0 aliphatic carbocycles. The number of unbranched alkanes of at least 4 members (excludes halogenated alkanes) is 1. The van der Waals surface area contributed by atoms with Crippen molar-refractivity contribution in [1.82, 2.24) is 0 Å². The summed E-state index contributed by atoms with van der Waals surface area (Å²) >= 11 is 6.13. The Kier molecular flexibility index (Phi) is 5.60. The van der Waals surface area contributed by atoms with Crippen LogP contribution in [-0.2, 0) is 0 Å². The summed E-state index contributed by atoms with van der Waals surface area (Å²) < 4.78 is 0. The van der Waals surface area contributed by atoms with Crippen molar-refractivity contribution in [2.24, 2.45) is 0 Å². The van der Waals surface area contributed by atoms with E-state index in [2.05, 4.69) is 20.8 Å². The minimum absolute atomic E-state index is 0.776. The molecule has 0 saturated carbocycles. The van der Waals surface area contributed by atoms with Crippen LogP contribution in [0.3, 0.4) is 0 Å². The van der Waals surface area contributed by atoms with Gasteiger partial charge in [0.1, 0.15) is 8.11 Å². The fourth-order valence-corrected chi connectivity index (χ4v) is 2.66. The first-order valence-electron chi connectivity index (χ1n) is 3.82. The van der Waals surface area contributed by atoms with Crippen LogP contribution in [0.1, 0.15) is 33.6 Å². The van der Waals surface area contributed by atoms with E-state index in [9.17, 15) is 0 Å². The highest BCUT2D eigenvalue weighted by molar-refractivity contribution is 7.07. The highest BCUT2D eigenvalue weighted by atomic mass is 35.6. The van der Waals surface area contributed by atoms with E-state index in [1.807, 2.05) is 0 Å². The molecule has 1 unspecified atom stereocenters. The first-order chi connectivity index (χ1) is 4.18. The Morgan fingerprint density at radius 2 is 2.00 bits per heavy atom. The van der Waals surface area contributed by atoms with Gasteiger partial charge in [-0.15, -0.1) is 0 Å². The van der Waals surface area contributed by atoms with Crippen LogP contribution in [0, 0.1) is 0 Å². The normalized spacial score (nSPS) is 14.3. The lowest BCUT2D eigenvalue weighted by Gasteiger charge is -2.09. The highest BCUT2D eigenvalue weighted by Gasteiger charge is 2.09. The van der Waals surface area contributed by atoms with Crippen LogP contribution < -0.4 is 0 Å². The first-order valence-corrected chi connectivity index (χ1v) is 7.05. The van der Waals surface area contributed by atoms with Crippen LogP contribution in [0.4, 0.5) is 0 Å². The van der Waals surface area contributed by atoms with Crippen LogP contribution in [-0.4, -0.2) is 8.11 Å². The average Bonchev–Trinajstić information content (AvgIpc) is 1.82. The fourth-order valence-electron chi connectivity index (χ4n) is 0.732. The van der Waals surface area contributed by atoms with Gasteiger partial charge in [-0.1, -0.05) is 33.6 Å². The Labute approximate surface area is 64.9 Å². The third kappa shape index (κ3) is 4.98. The third-order valence-corrected chi connectivity index (χ3v) is 6.13. The Morgan fingerprint density at radius 1 is 1.44 bits per heavy atom. The molecule has 56 valence electrons. The molecular formula is C7H17ClSi. The van der Waals surface area contributed by atoms with Crippen LogP contribution in [0.25, 0.3) is 0 Å². The zero-order chi connectivity index (χ0) is 7.28. The van der Waals surface area contributed by atoms with Gasteiger partial charge in [0, 0.05) is 0 Å². The van der Waals surface area contributed by atoms with Crippen LogP contribution in [0.5, 0.6) is 0 Å². The zero-order valence-corrected chi connectivity index (χ0v) is 8.56. The molecule has 0 heterocycles. The predicted octanol–water partition coefficient (Wildman–Crippen LogP) is 3.16. The predicted molar refractivity (Wildman–Crippen MR) is 47.8 cm³/mol. The summed E-state index contributed by atoms with van der Waals surface area (Å²) in [5.41, 5.74) is 0.776. The third-order valence-electron chi connectivity index (χ3n) is 1.56. The fraction of sp³-hybridized carbons (Fsp3) is 1.00. The SMILES string of the molecule is CCCC[SiH](Cl)C(C)C. The van der Waals surface area contributed by atoms with Crippen molar-refractivity contribution in [3.8, 4) is 0 Å². The lowest BCUT2D eigenvalue weighted by atomic mass is 10.4. The molecule has 0 fully saturated rings. The van der Waals surface area contributed by atoms with E-state index < -0.39 is 8.11 Å². The summed E-state index contributed by atoms with van der Waals surface area (Å²) in [6.45, 7) is 6.69. The van der Waals surface area contributed by atoms with Gasteiger partial charge in [0.25, 0.3) is 0 Å². The number of halogens is 1. The van der Waals surface area contributed by atoms with Crippen molar-refractivity contribution in [3.63, 3.8) is 0 Å². The van der Waals surface area contributed by atoms with E-state index in [0.29, 0.717) is 0 Å². The second-order valence-electron chi connectivity index (χ2n) is 2.90. The molecule has 0 saturated heterocycles. The molecule has 0 radical (unpaired) electrons. The molecule has 0 spiro atoms. The van der Waals surface area contributed by atoms with Crippen molar-refractivity contribution in [3.05, 3.63) is 0 Å². The van der Waals surface area contributed by atoms with Gasteiger partial charge in [-0.05, 0) is 11.6 Å².